The molecule has 26 heavy (non-hydrogen) atoms. The lowest BCUT2D eigenvalue weighted by molar-refractivity contribution is 0.0541. The van der Waals surface area contributed by atoms with E-state index in [0.717, 1.165) is 20.8 Å². The number of anilines is 1. The molecule has 0 aliphatic carbocycles. The summed E-state index contributed by atoms with van der Waals surface area (Å²) in [6.07, 6.45) is -0.575. The van der Waals surface area contributed by atoms with E-state index in [9.17, 15) is 9.59 Å². The fraction of sp³-hybridized carbons (Fsp3) is 0.222. The van der Waals surface area contributed by atoms with Crippen LogP contribution in [0.25, 0.3) is 21.8 Å². The third-order valence-electron chi connectivity index (χ3n) is 3.65. The van der Waals surface area contributed by atoms with Crippen LogP contribution in [0.15, 0.2) is 34.8 Å². The van der Waals surface area contributed by atoms with Crippen molar-refractivity contribution in [2.45, 2.75) is 26.4 Å². The molecule has 0 spiro atoms. The average molecular weight is 419 g/mol. The van der Waals surface area contributed by atoms with Crippen molar-refractivity contribution in [3.05, 3.63) is 40.4 Å². The van der Waals surface area contributed by atoms with E-state index in [2.05, 4.69) is 31.8 Å². The van der Waals surface area contributed by atoms with Crippen molar-refractivity contribution in [2.75, 3.05) is 5.43 Å². The number of aromatic nitrogens is 1. The number of carbonyl (C=O) groups excluding carboxylic acids is 2. The number of ether oxygens (including phenoxy) is 1. The maximum absolute atomic E-state index is 11.7. The Kier molecular flexibility index (Phi) is 4.53. The van der Waals surface area contributed by atoms with E-state index in [0.29, 0.717) is 16.8 Å². The van der Waals surface area contributed by atoms with Crippen LogP contribution < -0.4 is 16.6 Å². The highest BCUT2D eigenvalue weighted by atomic mass is 79.9. The predicted molar refractivity (Wildman–Crippen MR) is 105 cm³/mol. The Labute approximate surface area is 158 Å². The van der Waals surface area contributed by atoms with Gasteiger partial charge in [-0.2, -0.15) is 0 Å². The Hall–Kier alpha value is -2.74. The first kappa shape index (κ1) is 18.1. The predicted octanol–water partition coefficient (Wildman–Crippen LogP) is 4.03. The molecule has 8 heteroatoms. The second kappa shape index (κ2) is 6.53. The number of benzene rings is 2. The summed E-state index contributed by atoms with van der Waals surface area (Å²) < 4.78 is 5.95. The number of nitrogens with one attached hydrogen (secondary N) is 3. The molecule has 0 atom stereocenters. The lowest BCUT2D eigenvalue weighted by Crippen LogP contribution is -2.35. The standard InChI is InChI=1S/C18H19BrN4O3/c1-18(2,3)26-17(25)23-22-10-4-5-11-12-6-9(19)7-13(16(20)24)15(12)21-14(11)8-10/h4-8,21-22H,1-3H3,(H2,20,24)(H,23,25). The molecule has 7 nitrogen and oxygen atoms in total. The number of nitrogens with two attached hydrogens (primary N) is 1. The minimum absolute atomic E-state index is 0.409. The quantitative estimate of drug-likeness (QED) is 0.481. The van der Waals surface area contributed by atoms with Crippen molar-refractivity contribution in [2.24, 2.45) is 5.73 Å². The molecule has 0 saturated heterocycles. The van der Waals surface area contributed by atoms with Crippen molar-refractivity contribution >= 4 is 55.4 Å². The number of hydrogen-bond acceptors (Lipinski definition) is 4. The van der Waals surface area contributed by atoms with Crippen molar-refractivity contribution in [3.63, 3.8) is 0 Å². The number of halogens is 1. The van der Waals surface area contributed by atoms with Crippen LogP contribution in [-0.4, -0.2) is 22.6 Å². The van der Waals surface area contributed by atoms with E-state index in [1.165, 1.54) is 0 Å². The molecule has 1 heterocycles. The van der Waals surface area contributed by atoms with Crippen molar-refractivity contribution in [3.8, 4) is 0 Å². The third kappa shape index (κ3) is 3.75. The molecule has 2 aromatic carbocycles. The molecule has 0 saturated carbocycles. The molecule has 0 fully saturated rings. The fourth-order valence-corrected chi connectivity index (χ4v) is 3.13. The Morgan fingerprint density at radius 1 is 1.15 bits per heavy atom. The van der Waals surface area contributed by atoms with Crippen LogP contribution in [-0.2, 0) is 4.74 Å². The molecule has 0 aliphatic rings. The summed E-state index contributed by atoms with van der Waals surface area (Å²) >= 11 is 3.41. The van der Waals surface area contributed by atoms with Gasteiger partial charge in [0.1, 0.15) is 5.60 Å². The van der Waals surface area contributed by atoms with Crippen LogP contribution in [0.2, 0.25) is 0 Å². The first-order valence-corrected chi connectivity index (χ1v) is 8.73. The second-order valence-electron chi connectivity index (χ2n) is 6.88. The maximum Gasteiger partial charge on any atom is 0.426 e. The summed E-state index contributed by atoms with van der Waals surface area (Å²) in [5, 5.41) is 1.82. The molecule has 136 valence electrons. The minimum atomic E-state index is -0.578. The molecule has 2 amide bonds. The highest BCUT2D eigenvalue weighted by Gasteiger charge is 2.16. The van der Waals surface area contributed by atoms with Crippen LogP contribution in [0.4, 0.5) is 10.5 Å². The first-order valence-electron chi connectivity index (χ1n) is 7.94. The van der Waals surface area contributed by atoms with Gasteiger partial charge in [-0.1, -0.05) is 22.0 Å². The molecular weight excluding hydrogens is 400 g/mol. The van der Waals surface area contributed by atoms with E-state index >= 15 is 0 Å². The van der Waals surface area contributed by atoms with E-state index in [1.807, 2.05) is 24.3 Å². The van der Waals surface area contributed by atoms with Crippen LogP contribution >= 0.6 is 15.9 Å². The summed E-state index contributed by atoms with van der Waals surface area (Å²) in [5.74, 6) is -0.507. The number of H-pyrrole nitrogens is 1. The molecular formula is C18H19BrN4O3. The smallest absolute Gasteiger partial charge is 0.426 e. The van der Waals surface area contributed by atoms with Crippen molar-refractivity contribution in [1.82, 2.24) is 10.4 Å². The monoisotopic (exact) mass is 418 g/mol. The number of rotatable bonds is 3. The van der Waals surface area contributed by atoms with Gasteiger partial charge < -0.3 is 15.5 Å². The van der Waals surface area contributed by atoms with E-state index in [4.69, 9.17) is 10.5 Å². The van der Waals surface area contributed by atoms with Gasteiger partial charge in [0, 0.05) is 20.8 Å². The largest absolute Gasteiger partial charge is 0.443 e. The highest BCUT2D eigenvalue weighted by molar-refractivity contribution is 9.10. The second-order valence-corrected chi connectivity index (χ2v) is 7.79. The van der Waals surface area contributed by atoms with Gasteiger partial charge in [-0.05, 0) is 45.0 Å². The van der Waals surface area contributed by atoms with Crippen LogP contribution in [0, 0.1) is 0 Å². The van der Waals surface area contributed by atoms with Crippen molar-refractivity contribution < 1.29 is 14.3 Å². The van der Waals surface area contributed by atoms with Crippen molar-refractivity contribution in [1.29, 1.82) is 0 Å². The van der Waals surface area contributed by atoms with Gasteiger partial charge in [0.25, 0.3) is 5.91 Å². The minimum Gasteiger partial charge on any atom is -0.443 e. The Balaban J connectivity index is 1.92. The zero-order chi connectivity index (χ0) is 19.1. The highest BCUT2D eigenvalue weighted by Crippen LogP contribution is 2.32. The molecule has 0 unspecified atom stereocenters. The van der Waals surface area contributed by atoms with Gasteiger partial charge >= 0.3 is 6.09 Å². The van der Waals surface area contributed by atoms with E-state index in [-0.39, 0.29) is 0 Å². The normalized spacial score (nSPS) is 11.5. The fourth-order valence-electron chi connectivity index (χ4n) is 2.67. The third-order valence-corrected chi connectivity index (χ3v) is 4.10. The maximum atomic E-state index is 11.7. The lowest BCUT2D eigenvalue weighted by atomic mass is 10.1. The summed E-state index contributed by atoms with van der Waals surface area (Å²) in [5.41, 5.74) is 12.7. The summed E-state index contributed by atoms with van der Waals surface area (Å²) in [6, 6.07) is 9.14. The first-order chi connectivity index (χ1) is 12.1. The number of carbonyl (C=O) groups is 2. The summed E-state index contributed by atoms with van der Waals surface area (Å²) in [4.78, 5) is 26.7. The Bertz CT molecular complexity index is 1020. The van der Waals surface area contributed by atoms with Gasteiger partial charge in [0.05, 0.1) is 16.8 Å². The lowest BCUT2D eigenvalue weighted by Gasteiger charge is -2.20. The van der Waals surface area contributed by atoms with Crippen LogP contribution in [0.5, 0.6) is 0 Å². The molecule has 0 radical (unpaired) electrons. The summed E-state index contributed by atoms with van der Waals surface area (Å²) in [7, 11) is 0. The summed E-state index contributed by atoms with van der Waals surface area (Å²) in [6.45, 7) is 5.37. The van der Waals surface area contributed by atoms with Crippen LogP contribution in [0.3, 0.4) is 0 Å². The number of primary amides is 1. The molecule has 3 rings (SSSR count). The topological polar surface area (TPSA) is 109 Å². The number of amides is 2. The van der Waals surface area contributed by atoms with Gasteiger partial charge in [0.2, 0.25) is 0 Å². The molecule has 5 N–H and O–H groups in total. The number of hydrazine groups is 1. The average Bonchev–Trinajstić information content (AvgIpc) is 2.88. The van der Waals surface area contributed by atoms with E-state index in [1.54, 1.807) is 26.8 Å². The van der Waals surface area contributed by atoms with Gasteiger partial charge in [-0.25, -0.2) is 10.2 Å². The zero-order valence-corrected chi connectivity index (χ0v) is 16.2. The van der Waals surface area contributed by atoms with Crippen LogP contribution in [0.1, 0.15) is 31.1 Å². The molecule has 0 bridgehead atoms. The molecule has 1 aromatic heterocycles. The number of aromatic amines is 1. The van der Waals surface area contributed by atoms with Gasteiger partial charge in [0.15, 0.2) is 0 Å². The molecule has 0 aliphatic heterocycles. The van der Waals surface area contributed by atoms with Gasteiger partial charge in [-0.3, -0.25) is 10.2 Å². The van der Waals surface area contributed by atoms with E-state index < -0.39 is 17.6 Å². The number of fused-ring (bicyclic) bond motifs is 3. The zero-order valence-electron chi connectivity index (χ0n) is 14.6. The van der Waals surface area contributed by atoms with Gasteiger partial charge in [-0.15, -0.1) is 0 Å². The molecule has 3 aromatic rings. The number of hydrogen-bond donors (Lipinski definition) is 4. The SMILES string of the molecule is CC(C)(C)OC(=O)NNc1ccc2c(c1)[nH]c1c(C(N)=O)cc(Br)cc12. The Morgan fingerprint density at radius 2 is 1.88 bits per heavy atom. The Morgan fingerprint density at radius 3 is 2.54 bits per heavy atom.